The zero-order chi connectivity index (χ0) is 24.3. The first-order chi connectivity index (χ1) is 15.5. The van der Waals surface area contributed by atoms with E-state index in [0.717, 1.165) is 24.5 Å². The molecule has 0 saturated carbocycles. The summed E-state index contributed by atoms with van der Waals surface area (Å²) in [6.45, 7) is 0.239. The van der Waals surface area contributed by atoms with Gasteiger partial charge in [-0.3, -0.25) is 4.79 Å². The third kappa shape index (κ3) is 5.78. The van der Waals surface area contributed by atoms with Gasteiger partial charge in [0.05, 0.1) is 6.04 Å². The van der Waals surface area contributed by atoms with Crippen LogP contribution in [0.5, 0.6) is 6.01 Å². The Bertz CT molecular complexity index is 1040. The predicted molar refractivity (Wildman–Crippen MR) is 105 cm³/mol. The third-order valence-corrected chi connectivity index (χ3v) is 5.10. The number of benzene rings is 1. The summed E-state index contributed by atoms with van der Waals surface area (Å²) in [7, 11) is 0. The summed E-state index contributed by atoms with van der Waals surface area (Å²) in [6.07, 6.45) is -2.57. The Morgan fingerprint density at radius 2 is 2.00 bits per heavy atom. The number of hydrogen-bond donors (Lipinski definition) is 2. The van der Waals surface area contributed by atoms with E-state index in [1.54, 1.807) is 0 Å². The summed E-state index contributed by atoms with van der Waals surface area (Å²) in [5.41, 5.74) is -0.213. The van der Waals surface area contributed by atoms with Gasteiger partial charge >= 0.3 is 18.2 Å². The van der Waals surface area contributed by atoms with E-state index in [4.69, 9.17) is 11.6 Å². The van der Waals surface area contributed by atoms with Crippen LogP contribution in [0, 0.1) is 11.6 Å². The molecule has 0 radical (unpaired) electrons. The smallest absolute Gasteiger partial charge is 0.422 e. The molecule has 14 heteroatoms. The maximum absolute atomic E-state index is 14.8. The van der Waals surface area contributed by atoms with Crippen molar-refractivity contribution >= 4 is 23.5 Å². The van der Waals surface area contributed by atoms with Crippen LogP contribution in [-0.4, -0.2) is 58.7 Å². The number of carbonyl (C=O) groups is 2. The summed E-state index contributed by atoms with van der Waals surface area (Å²) in [6, 6.07) is -1.56. The molecule has 8 nitrogen and oxygen atoms in total. The van der Waals surface area contributed by atoms with Gasteiger partial charge < -0.3 is 20.3 Å². The number of hydrogen-bond acceptors (Lipinski definition) is 5. The monoisotopic (exact) mass is 493 g/mol. The van der Waals surface area contributed by atoms with Crippen molar-refractivity contribution in [1.82, 2.24) is 25.5 Å². The number of nitrogens with zero attached hydrogens (tertiary/aromatic N) is 3. The molecule has 3 amide bonds. The molecule has 0 spiro atoms. The predicted octanol–water partition coefficient (Wildman–Crippen LogP) is 2.97. The quantitative estimate of drug-likeness (QED) is 0.493. The number of aromatic nitrogens is 2. The van der Waals surface area contributed by atoms with Crippen molar-refractivity contribution in [1.29, 1.82) is 0 Å². The summed E-state index contributed by atoms with van der Waals surface area (Å²) in [5.74, 6) is -2.58. The van der Waals surface area contributed by atoms with Crippen molar-refractivity contribution in [2.24, 2.45) is 0 Å². The van der Waals surface area contributed by atoms with Crippen molar-refractivity contribution in [3.05, 3.63) is 52.3 Å². The number of amides is 3. The van der Waals surface area contributed by atoms with Crippen LogP contribution < -0.4 is 15.4 Å². The van der Waals surface area contributed by atoms with E-state index >= 15 is 0 Å². The molecular formula is C19H17ClF5N5O3. The second kappa shape index (κ2) is 9.73. The maximum Gasteiger partial charge on any atom is 0.422 e. The van der Waals surface area contributed by atoms with Gasteiger partial charge in [-0.15, -0.1) is 0 Å². The van der Waals surface area contributed by atoms with Crippen LogP contribution in [0.25, 0.3) is 0 Å². The second-order valence-electron chi connectivity index (χ2n) is 7.01. The van der Waals surface area contributed by atoms with Gasteiger partial charge in [0.1, 0.15) is 22.7 Å². The molecule has 1 aromatic carbocycles. The lowest BCUT2D eigenvalue weighted by Crippen LogP contribution is -2.58. The van der Waals surface area contributed by atoms with Crippen LogP contribution in [0.1, 0.15) is 24.1 Å². The Hall–Kier alpha value is -3.22. The molecule has 33 heavy (non-hydrogen) atoms. The normalized spacial score (nSPS) is 17.4. The molecule has 1 unspecified atom stereocenters. The average molecular weight is 494 g/mol. The molecule has 1 saturated heterocycles. The number of halogens is 6. The van der Waals surface area contributed by atoms with Crippen LogP contribution in [0.15, 0.2) is 24.5 Å². The zero-order valence-electron chi connectivity index (χ0n) is 16.9. The van der Waals surface area contributed by atoms with Gasteiger partial charge in [-0.05, 0) is 13.0 Å². The summed E-state index contributed by atoms with van der Waals surface area (Å²) in [4.78, 5) is 33.3. The highest BCUT2D eigenvalue weighted by molar-refractivity contribution is 6.31. The van der Waals surface area contributed by atoms with Crippen molar-refractivity contribution in [2.75, 3.05) is 19.7 Å². The van der Waals surface area contributed by atoms with Gasteiger partial charge in [-0.25, -0.2) is 23.5 Å². The van der Waals surface area contributed by atoms with Gasteiger partial charge in [-0.1, -0.05) is 17.7 Å². The zero-order valence-corrected chi connectivity index (χ0v) is 17.7. The fourth-order valence-electron chi connectivity index (χ4n) is 3.07. The number of rotatable bonds is 5. The van der Waals surface area contributed by atoms with E-state index in [0.29, 0.717) is 0 Å². The molecule has 1 aromatic heterocycles. The van der Waals surface area contributed by atoms with Crippen LogP contribution >= 0.6 is 11.6 Å². The second-order valence-corrected chi connectivity index (χ2v) is 7.39. The molecule has 2 aromatic rings. The highest BCUT2D eigenvalue weighted by atomic mass is 35.5. The number of piperazine rings is 1. The highest BCUT2D eigenvalue weighted by Gasteiger charge is 2.33. The maximum atomic E-state index is 14.8. The molecular weight excluding hydrogens is 477 g/mol. The van der Waals surface area contributed by atoms with Crippen LogP contribution in [0.4, 0.5) is 26.7 Å². The molecule has 3 rings (SSSR count). The fourth-order valence-corrected chi connectivity index (χ4v) is 3.24. The van der Waals surface area contributed by atoms with Crippen LogP contribution in [-0.2, 0) is 4.79 Å². The summed E-state index contributed by atoms with van der Waals surface area (Å²) in [5, 5.41) is 4.29. The minimum absolute atomic E-state index is 0.0402. The lowest BCUT2D eigenvalue weighted by Gasteiger charge is -2.34. The number of ether oxygens (including phenoxy) is 1. The van der Waals surface area contributed by atoms with Crippen molar-refractivity contribution in [3.63, 3.8) is 0 Å². The molecule has 1 aliphatic heterocycles. The SMILES string of the molecule is C[C@@H]1C(=O)NCCN1C(=O)NC(c1cnc(OCC(F)(F)F)nc1)c1ccc(F)c(Cl)c1F. The van der Waals surface area contributed by atoms with Crippen LogP contribution in [0.3, 0.4) is 0 Å². The largest absolute Gasteiger partial charge is 0.454 e. The van der Waals surface area contributed by atoms with Gasteiger partial charge in [0.25, 0.3) is 0 Å². The number of alkyl halides is 3. The standard InChI is InChI=1S/C19H17ClF5N5O3/c1-9-16(31)26-4-5-30(9)18(32)29-15(11-2-3-12(21)13(20)14(11)22)10-6-27-17(28-7-10)33-8-19(23,24)25/h2-3,6-7,9,15H,4-5,8H2,1H3,(H,26,31)(H,29,32)/t9-,15?/m1/s1. The number of nitrogens with one attached hydrogen (secondary N) is 2. The molecule has 2 heterocycles. The highest BCUT2D eigenvalue weighted by Crippen LogP contribution is 2.30. The Balaban J connectivity index is 1.92. The lowest BCUT2D eigenvalue weighted by atomic mass is 10.0. The Kier molecular flexibility index (Phi) is 7.20. The molecule has 2 N–H and O–H groups in total. The average Bonchev–Trinajstić information content (AvgIpc) is 2.76. The van der Waals surface area contributed by atoms with E-state index in [1.807, 2.05) is 0 Å². The molecule has 178 valence electrons. The molecule has 1 aliphatic rings. The lowest BCUT2D eigenvalue weighted by molar-refractivity contribution is -0.154. The number of carbonyl (C=O) groups excluding carboxylic acids is 2. The fraction of sp³-hybridized carbons (Fsp3) is 0.368. The molecule has 2 atom stereocenters. The van der Waals surface area contributed by atoms with Gasteiger partial charge in [0, 0.05) is 36.6 Å². The van der Waals surface area contributed by atoms with Crippen molar-refractivity contribution < 1.29 is 36.3 Å². The van der Waals surface area contributed by atoms with Gasteiger partial charge in [0.15, 0.2) is 6.61 Å². The van der Waals surface area contributed by atoms with Gasteiger partial charge in [-0.2, -0.15) is 13.2 Å². The Labute approximate surface area is 189 Å². The third-order valence-electron chi connectivity index (χ3n) is 4.75. The molecule has 1 fully saturated rings. The molecule has 0 aliphatic carbocycles. The first-order valence-electron chi connectivity index (χ1n) is 9.47. The van der Waals surface area contributed by atoms with E-state index in [1.165, 1.54) is 11.8 Å². The number of urea groups is 1. The van der Waals surface area contributed by atoms with Crippen molar-refractivity contribution in [3.8, 4) is 6.01 Å². The Morgan fingerprint density at radius 1 is 1.33 bits per heavy atom. The summed E-state index contributed by atoms with van der Waals surface area (Å²) >= 11 is 5.67. The van der Waals surface area contributed by atoms with Crippen LogP contribution in [0.2, 0.25) is 5.02 Å². The van der Waals surface area contributed by atoms with Gasteiger partial charge in [0.2, 0.25) is 5.91 Å². The Morgan fingerprint density at radius 3 is 2.64 bits per heavy atom. The van der Waals surface area contributed by atoms with E-state index in [9.17, 15) is 31.5 Å². The topological polar surface area (TPSA) is 96.5 Å². The van der Waals surface area contributed by atoms with Crippen molar-refractivity contribution in [2.45, 2.75) is 25.2 Å². The minimum Gasteiger partial charge on any atom is -0.454 e. The van der Waals surface area contributed by atoms with E-state index in [2.05, 4.69) is 25.3 Å². The first kappa shape index (κ1) is 24.4. The molecule has 0 bridgehead atoms. The van der Waals surface area contributed by atoms with E-state index < -0.39 is 59.5 Å². The van der Waals surface area contributed by atoms with E-state index in [-0.39, 0.29) is 24.2 Å². The summed E-state index contributed by atoms with van der Waals surface area (Å²) < 4.78 is 69.8. The minimum atomic E-state index is -4.61. The first-order valence-corrected chi connectivity index (χ1v) is 9.85.